The Labute approximate surface area is 97.1 Å². The highest BCUT2D eigenvalue weighted by molar-refractivity contribution is 5.85. The van der Waals surface area contributed by atoms with E-state index in [9.17, 15) is 14.7 Å². The molecule has 7 heteroatoms. The molecule has 2 atom stereocenters. The van der Waals surface area contributed by atoms with Gasteiger partial charge in [-0.1, -0.05) is 0 Å². The van der Waals surface area contributed by atoms with E-state index >= 15 is 0 Å². The van der Waals surface area contributed by atoms with Gasteiger partial charge in [0, 0.05) is 19.2 Å². The van der Waals surface area contributed by atoms with Crippen molar-refractivity contribution in [3.63, 3.8) is 0 Å². The number of amides is 1. The number of aromatic amines is 1. The number of carboxylic acids is 1. The van der Waals surface area contributed by atoms with Gasteiger partial charge in [-0.05, 0) is 0 Å². The van der Waals surface area contributed by atoms with Crippen LogP contribution in [0.5, 0.6) is 0 Å². The van der Waals surface area contributed by atoms with Crippen molar-refractivity contribution in [1.82, 2.24) is 14.9 Å². The van der Waals surface area contributed by atoms with Crippen LogP contribution in [-0.2, 0) is 16.0 Å². The van der Waals surface area contributed by atoms with Crippen molar-refractivity contribution >= 4 is 11.9 Å². The summed E-state index contributed by atoms with van der Waals surface area (Å²) >= 11 is 0. The van der Waals surface area contributed by atoms with E-state index in [2.05, 4.69) is 9.97 Å². The Morgan fingerprint density at radius 1 is 1.59 bits per heavy atom. The first-order chi connectivity index (χ1) is 8.08. The molecule has 2 heterocycles. The van der Waals surface area contributed by atoms with Crippen LogP contribution in [0, 0.1) is 0 Å². The summed E-state index contributed by atoms with van der Waals surface area (Å²) in [5, 5.41) is 18.4. The number of aromatic nitrogens is 2. The lowest BCUT2D eigenvalue weighted by atomic mass is 10.2. The van der Waals surface area contributed by atoms with E-state index in [1.807, 2.05) is 0 Å². The molecule has 1 saturated heterocycles. The van der Waals surface area contributed by atoms with E-state index in [0.717, 1.165) is 0 Å². The predicted molar refractivity (Wildman–Crippen MR) is 56.1 cm³/mol. The minimum absolute atomic E-state index is 0.0417. The van der Waals surface area contributed by atoms with E-state index in [1.165, 1.54) is 11.2 Å². The summed E-state index contributed by atoms with van der Waals surface area (Å²) in [5.74, 6) is -1.42. The van der Waals surface area contributed by atoms with Crippen LogP contribution in [0.25, 0.3) is 0 Å². The van der Waals surface area contributed by atoms with Gasteiger partial charge < -0.3 is 20.1 Å². The molecule has 0 saturated carbocycles. The van der Waals surface area contributed by atoms with E-state index in [0.29, 0.717) is 5.69 Å². The average Bonchev–Trinajstić information content (AvgIpc) is 2.86. The number of β-amino-alcohol motifs (C(OH)–C–C–N with tert-alkyl or cyclic N) is 1. The third-order valence-corrected chi connectivity index (χ3v) is 2.77. The molecule has 0 radical (unpaired) electrons. The van der Waals surface area contributed by atoms with Crippen molar-refractivity contribution in [2.75, 3.05) is 6.54 Å². The molecule has 1 aliphatic heterocycles. The number of hydrogen-bond donors (Lipinski definition) is 3. The number of hydrogen-bond acceptors (Lipinski definition) is 4. The Bertz CT molecular complexity index is 417. The smallest absolute Gasteiger partial charge is 0.326 e. The molecule has 92 valence electrons. The molecular weight excluding hydrogens is 226 g/mol. The summed E-state index contributed by atoms with van der Waals surface area (Å²) in [6.07, 6.45) is 2.40. The third-order valence-electron chi connectivity index (χ3n) is 2.77. The van der Waals surface area contributed by atoms with Gasteiger partial charge in [0.15, 0.2) is 0 Å². The first kappa shape index (κ1) is 11.6. The van der Waals surface area contributed by atoms with Crippen LogP contribution in [0.2, 0.25) is 0 Å². The zero-order valence-electron chi connectivity index (χ0n) is 9.04. The fraction of sp³-hybridized carbons (Fsp3) is 0.500. The average molecular weight is 239 g/mol. The van der Waals surface area contributed by atoms with Gasteiger partial charge in [0.25, 0.3) is 0 Å². The maximum Gasteiger partial charge on any atom is 0.326 e. The summed E-state index contributed by atoms with van der Waals surface area (Å²) in [5.41, 5.74) is 0.556. The van der Waals surface area contributed by atoms with E-state index in [1.54, 1.807) is 6.20 Å². The number of carboxylic acid groups (broad SMARTS) is 1. The molecule has 0 aromatic carbocycles. The third kappa shape index (κ3) is 2.44. The maximum atomic E-state index is 11.9. The molecule has 1 aliphatic rings. The predicted octanol–water partition coefficient (Wildman–Crippen LogP) is -1.00. The second-order valence-corrected chi connectivity index (χ2v) is 4.03. The fourth-order valence-corrected chi connectivity index (χ4v) is 1.97. The second-order valence-electron chi connectivity index (χ2n) is 4.03. The molecular formula is C10H13N3O4. The zero-order valence-corrected chi connectivity index (χ0v) is 9.04. The van der Waals surface area contributed by atoms with Gasteiger partial charge in [-0.15, -0.1) is 0 Å². The highest BCUT2D eigenvalue weighted by atomic mass is 16.4. The van der Waals surface area contributed by atoms with Crippen molar-refractivity contribution in [2.45, 2.75) is 25.0 Å². The minimum Gasteiger partial charge on any atom is -0.480 e. The number of carbonyl (C=O) groups excluding carboxylic acids is 1. The standard InChI is InChI=1S/C10H13N3O4/c14-7-2-8(10(16)17)13(4-7)9(15)1-6-3-11-5-12-6/h3,5,7-8,14H,1-2,4H2,(H,11,12)(H,16,17)/t7?,8-/m0/s1. The van der Waals surface area contributed by atoms with Crippen molar-refractivity contribution in [2.24, 2.45) is 0 Å². The number of aliphatic hydroxyl groups is 1. The number of aliphatic hydroxyl groups excluding tert-OH is 1. The summed E-state index contributed by atoms with van der Waals surface area (Å²) in [7, 11) is 0. The number of likely N-dealkylation sites (tertiary alicyclic amines) is 1. The van der Waals surface area contributed by atoms with Crippen molar-refractivity contribution in [1.29, 1.82) is 0 Å². The summed E-state index contributed by atoms with van der Waals surface area (Å²) in [6.45, 7) is 0.0697. The molecule has 3 N–H and O–H groups in total. The Kier molecular flexibility index (Phi) is 3.10. The number of aliphatic carboxylic acids is 1. The molecule has 17 heavy (non-hydrogen) atoms. The highest BCUT2D eigenvalue weighted by Crippen LogP contribution is 2.19. The summed E-state index contributed by atoms with van der Waals surface area (Å²) in [4.78, 5) is 30.6. The Morgan fingerprint density at radius 3 is 2.94 bits per heavy atom. The number of H-pyrrole nitrogens is 1. The van der Waals surface area contributed by atoms with E-state index in [4.69, 9.17) is 5.11 Å². The maximum absolute atomic E-state index is 11.9. The van der Waals surface area contributed by atoms with Crippen LogP contribution >= 0.6 is 0 Å². The molecule has 7 nitrogen and oxygen atoms in total. The van der Waals surface area contributed by atoms with Gasteiger partial charge in [-0.25, -0.2) is 9.78 Å². The molecule has 0 spiro atoms. The first-order valence-electron chi connectivity index (χ1n) is 5.26. The second kappa shape index (κ2) is 4.54. The van der Waals surface area contributed by atoms with Crippen molar-refractivity contribution in [3.05, 3.63) is 18.2 Å². The van der Waals surface area contributed by atoms with Crippen LogP contribution in [0.15, 0.2) is 12.5 Å². The number of rotatable bonds is 3. The number of nitrogens with zero attached hydrogens (tertiary/aromatic N) is 2. The number of imidazole rings is 1. The van der Waals surface area contributed by atoms with E-state index in [-0.39, 0.29) is 25.3 Å². The van der Waals surface area contributed by atoms with Gasteiger partial charge in [0.1, 0.15) is 6.04 Å². The molecule has 2 rings (SSSR count). The van der Waals surface area contributed by atoms with Crippen molar-refractivity contribution in [3.8, 4) is 0 Å². The summed E-state index contributed by atoms with van der Waals surface area (Å²) in [6, 6.07) is -0.934. The van der Waals surface area contributed by atoms with Gasteiger partial charge in [-0.2, -0.15) is 0 Å². The number of carbonyl (C=O) groups is 2. The highest BCUT2D eigenvalue weighted by Gasteiger charge is 2.38. The van der Waals surface area contributed by atoms with Crippen LogP contribution in [0.4, 0.5) is 0 Å². The molecule has 0 aliphatic carbocycles. The van der Waals surface area contributed by atoms with Gasteiger partial charge >= 0.3 is 5.97 Å². The normalized spacial score (nSPS) is 23.9. The lowest BCUT2D eigenvalue weighted by Gasteiger charge is -2.20. The van der Waals surface area contributed by atoms with Gasteiger partial charge in [0.05, 0.1) is 24.5 Å². The Balaban J connectivity index is 2.05. The van der Waals surface area contributed by atoms with Gasteiger partial charge in [-0.3, -0.25) is 4.79 Å². The monoisotopic (exact) mass is 239 g/mol. The molecule has 1 unspecified atom stereocenters. The lowest BCUT2D eigenvalue weighted by molar-refractivity contribution is -0.148. The molecule has 1 aromatic rings. The largest absolute Gasteiger partial charge is 0.480 e. The molecule has 1 aromatic heterocycles. The Morgan fingerprint density at radius 2 is 2.35 bits per heavy atom. The molecule has 0 bridgehead atoms. The molecule has 1 fully saturated rings. The van der Waals surface area contributed by atoms with Crippen LogP contribution < -0.4 is 0 Å². The van der Waals surface area contributed by atoms with Crippen LogP contribution in [0.3, 0.4) is 0 Å². The van der Waals surface area contributed by atoms with E-state index < -0.39 is 18.1 Å². The van der Waals surface area contributed by atoms with Crippen molar-refractivity contribution < 1.29 is 19.8 Å². The summed E-state index contributed by atoms with van der Waals surface area (Å²) < 4.78 is 0. The quantitative estimate of drug-likeness (QED) is 0.627. The minimum atomic E-state index is -1.09. The molecule has 1 amide bonds. The van der Waals surface area contributed by atoms with Gasteiger partial charge in [0.2, 0.25) is 5.91 Å². The van der Waals surface area contributed by atoms with Crippen LogP contribution in [-0.4, -0.2) is 55.6 Å². The first-order valence-corrected chi connectivity index (χ1v) is 5.26. The lowest BCUT2D eigenvalue weighted by Crippen LogP contribution is -2.41. The number of nitrogens with one attached hydrogen (secondary N) is 1. The zero-order chi connectivity index (χ0) is 12.4. The topological polar surface area (TPSA) is 107 Å². The van der Waals surface area contributed by atoms with Crippen LogP contribution in [0.1, 0.15) is 12.1 Å². The Hall–Kier alpha value is -1.89. The SMILES string of the molecule is O=C(O)[C@@H]1CC(O)CN1C(=O)Cc1c[nH]cn1. The fourth-order valence-electron chi connectivity index (χ4n) is 1.97.